The summed E-state index contributed by atoms with van der Waals surface area (Å²) in [4.78, 5) is 1.22. The molecule has 0 aromatic heterocycles. The zero-order valence-corrected chi connectivity index (χ0v) is 12.6. The molecular formula is C18H16F2S. The second-order valence-corrected chi connectivity index (χ2v) is 5.77. The zero-order chi connectivity index (χ0) is 15.1. The molecule has 0 amide bonds. The number of benzene rings is 2. The highest BCUT2D eigenvalue weighted by Crippen LogP contribution is 2.19. The molecule has 2 rings (SSSR count). The largest absolute Gasteiger partial charge is 0.204 e. The third kappa shape index (κ3) is 4.91. The van der Waals surface area contributed by atoms with E-state index >= 15 is 0 Å². The molecule has 0 atom stereocenters. The van der Waals surface area contributed by atoms with Crippen molar-refractivity contribution in [2.75, 3.05) is 5.75 Å². The first kappa shape index (κ1) is 15.6. The van der Waals surface area contributed by atoms with Crippen molar-refractivity contribution in [2.45, 2.75) is 24.7 Å². The summed E-state index contributed by atoms with van der Waals surface area (Å²) < 4.78 is 25.9. The number of thioether (sulfide) groups is 1. The Morgan fingerprint density at radius 2 is 1.57 bits per heavy atom. The van der Waals surface area contributed by atoms with Gasteiger partial charge in [0.15, 0.2) is 11.6 Å². The van der Waals surface area contributed by atoms with Crippen molar-refractivity contribution < 1.29 is 8.78 Å². The second kappa shape index (κ2) is 7.85. The van der Waals surface area contributed by atoms with Crippen molar-refractivity contribution in [3.8, 4) is 11.8 Å². The molecule has 0 bridgehead atoms. The molecule has 2 aromatic rings. The normalized spacial score (nSPS) is 10.0. The molecule has 0 aliphatic heterocycles. The lowest BCUT2D eigenvalue weighted by atomic mass is 10.2. The third-order valence-corrected chi connectivity index (χ3v) is 3.99. The van der Waals surface area contributed by atoms with Gasteiger partial charge in [0.2, 0.25) is 0 Å². The van der Waals surface area contributed by atoms with E-state index in [9.17, 15) is 8.78 Å². The standard InChI is InChI=1S/C18H16F2S/c1-2-3-12-21-16-9-6-14(7-10-16)4-5-15-8-11-17(19)18(20)13-15/h6-11,13H,2-3,12H2,1H3. The van der Waals surface area contributed by atoms with Gasteiger partial charge in [-0.2, -0.15) is 0 Å². The summed E-state index contributed by atoms with van der Waals surface area (Å²) in [6.07, 6.45) is 2.41. The van der Waals surface area contributed by atoms with Gasteiger partial charge < -0.3 is 0 Å². The average Bonchev–Trinajstić information content (AvgIpc) is 2.50. The van der Waals surface area contributed by atoms with Crippen LogP contribution in [0.4, 0.5) is 8.78 Å². The quantitative estimate of drug-likeness (QED) is 0.422. The number of hydrogen-bond acceptors (Lipinski definition) is 1. The fourth-order valence-electron chi connectivity index (χ4n) is 1.69. The Hall–Kier alpha value is -1.79. The van der Waals surface area contributed by atoms with Gasteiger partial charge in [-0.25, -0.2) is 8.78 Å². The van der Waals surface area contributed by atoms with Gasteiger partial charge in [-0.05, 0) is 54.6 Å². The first-order valence-corrected chi connectivity index (χ1v) is 7.87. The summed E-state index contributed by atoms with van der Waals surface area (Å²) in [5.74, 6) is 5.19. The summed E-state index contributed by atoms with van der Waals surface area (Å²) in [7, 11) is 0. The van der Waals surface area contributed by atoms with E-state index in [1.165, 1.54) is 23.8 Å². The van der Waals surface area contributed by atoms with Crippen molar-refractivity contribution in [3.63, 3.8) is 0 Å². The molecule has 0 aliphatic carbocycles. The molecule has 0 saturated carbocycles. The maximum absolute atomic E-state index is 13.1. The molecule has 21 heavy (non-hydrogen) atoms. The lowest BCUT2D eigenvalue weighted by Gasteiger charge is -2.00. The van der Waals surface area contributed by atoms with Crippen LogP contribution in [0.1, 0.15) is 30.9 Å². The number of rotatable bonds is 4. The van der Waals surface area contributed by atoms with Crippen LogP contribution in [-0.2, 0) is 0 Å². The van der Waals surface area contributed by atoms with Crippen LogP contribution in [-0.4, -0.2) is 5.75 Å². The highest BCUT2D eigenvalue weighted by atomic mass is 32.2. The monoisotopic (exact) mass is 302 g/mol. The van der Waals surface area contributed by atoms with Crippen LogP contribution in [0, 0.1) is 23.5 Å². The Bertz CT molecular complexity index is 651. The van der Waals surface area contributed by atoms with Crippen LogP contribution in [0.15, 0.2) is 47.4 Å². The predicted molar refractivity (Wildman–Crippen MR) is 84.4 cm³/mol. The maximum atomic E-state index is 13.1. The molecule has 0 aliphatic rings. The molecule has 0 N–H and O–H groups in total. The Morgan fingerprint density at radius 3 is 2.24 bits per heavy atom. The Morgan fingerprint density at radius 1 is 0.905 bits per heavy atom. The lowest BCUT2D eigenvalue weighted by Crippen LogP contribution is -1.84. The first-order chi connectivity index (χ1) is 10.2. The van der Waals surface area contributed by atoms with E-state index in [0.717, 1.165) is 23.4 Å². The predicted octanol–water partition coefficient (Wildman–Crippen LogP) is 5.26. The number of hydrogen-bond donors (Lipinski definition) is 0. The van der Waals surface area contributed by atoms with Gasteiger partial charge in [0.1, 0.15) is 0 Å². The summed E-state index contributed by atoms with van der Waals surface area (Å²) in [6.45, 7) is 2.18. The van der Waals surface area contributed by atoms with E-state index in [1.54, 1.807) is 0 Å². The summed E-state index contributed by atoms with van der Waals surface area (Å²) in [5, 5.41) is 0. The molecule has 108 valence electrons. The van der Waals surface area contributed by atoms with Gasteiger partial charge in [0.05, 0.1) is 0 Å². The van der Waals surface area contributed by atoms with E-state index in [2.05, 4.69) is 18.8 Å². The van der Waals surface area contributed by atoms with Gasteiger partial charge in [0, 0.05) is 16.0 Å². The molecule has 0 fully saturated rings. The van der Waals surface area contributed by atoms with E-state index in [1.807, 2.05) is 36.0 Å². The van der Waals surface area contributed by atoms with Gasteiger partial charge >= 0.3 is 0 Å². The molecule has 0 heterocycles. The van der Waals surface area contributed by atoms with Gasteiger partial charge in [-0.3, -0.25) is 0 Å². The van der Waals surface area contributed by atoms with Crippen LogP contribution in [0.2, 0.25) is 0 Å². The van der Waals surface area contributed by atoms with Crippen molar-refractivity contribution in [2.24, 2.45) is 0 Å². The lowest BCUT2D eigenvalue weighted by molar-refractivity contribution is 0.508. The smallest absolute Gasteiger partial charge is 0.160 e. The zero-order valence-electron chi connectivity index (χ0n) is 11.8. The fraction of sp³-hybridized carbons (Fsp3) is 0.222. The number of unbranched alkanes of at least 4 members (excludes halogenated alkanes) is 1. The van der Waals surface area contributed by atoms with Gasteiger partial charge in [-0.1, -0.05) is 25.2 Å². The fourth-order valence-corrected chi connectivity index (χ4v) is 2.68. The molecule has 0 saturated heterocycles. The summed E-state index contributed by atoms with van der Waals surface area (Å²) in [6, 6.07) is 11.6. The molecule has 0 unspecified atom stereocenters. The maximum Gasteiger partial charge on any atom is 0.160 e. The minimum absolute atomic E-state index is 0.468. The van der Waals surface area contributed by atoms with E-state index in [4.69, 9.17) is 0 Å². The van der Waals surface area contributed by atoms with Crippen molar-refractivity contribution in [3.05, 3.63) is 65.2 Å². The van der Waals surface area contributed by atoms with Crippen molar-refractivity contribution >= 4 is 11.8 Å². The highest BCUT2D eigenvalue weighted by molar-refractivity contribution is 7.99. The first-order valence-electron chi connectivity index (χ1n) is 6.89. The van der Waals surface area contributed by atoms with Crippen LogP contribution >= 0.6 is 11.8 Å². The molecule has 0 spiro atoms. The molecule has 0 nitrogen and oxygen atoms in total. The van der Waals surface area contributed by atoms with Crippen LogP contribution in [0.5, 0.6) is 0 Å². The summed E-state index contributed by atoms with van der Waals surface area (Å²) >= 11 is 1.83. The van der Waals surface area contributed by atoms with Crippen LogP contribution < -0.4 is 0 Å². The molecular weight excluding hydrogens is 286 g/mol. The highest BCUT2D eigenvalue weighted by Gasteiger charge is 2.00. The van der Waals surface area contributed by atoms with Gasteiger partial charge in [0.25, 0.3) is 0 Å². The minimum atomic E-state index is -0.871. The SMILES string of the molecule is CCCCSc1ccc(C#Cc2ccc(F)c(F)c2)cc1. The average molecular weight is 302 g/mol. The van der Waals surface area contributed by atoms with Crippen LogP contribution in [0.25, 0.3) is 0 Å². The minimum Gasteiger partial charge on any atom is -0.204 e. The van der Waals surface area contributed by atoms with Crippen LogP contribution in [0.3, 0.4) is 0 Å². The summed E-state index contributed by atoms with van der Waals surface area (Å²) in [5.41, 5.74) is 1.33. The van der Waals surface area contributed by atoms with E-state index in [-0.39, 0.29) is 0 Å². The van der Waals surface area contributed by atoms with Crippen molar-refractivity contribution in [1.82, 2.24) is 0 Å². The van der Waals surface area contributed by atoms with Gasteiger partial charge in [-0.15, -0.1) is 11.8 Å². The van der Waals surface area contributed by atoms with Crippen molar-refractivity contribution in [1.29, 1.82) is 0 Å². The molecule has 2 aromatic carbocycles. The van der Waals surface area contributed by atoms with E-state index in [0.29, 0.717) is 5.56 Å². The third-order valence-electron chi connectivity index (χ3n) is 2.89. The Labute approximate surface area is 128 Å². The molecule has 3 heteroatoms. The topological polar surface area (TPSA) is 0 Å². The Kier molecular flexibility index (Phi) is 5.83. The molecule has 0 radical (unpaired) electrons. The second-order valence-electron chi connectivity index (χ2n) is 4.61. The number of halogens is 2. The van der Waals surface area contributed by atoms with E-state index < -0.39 is 11.6 Å². The Balaban J connectivity index is 2.03.